The number of benzene rings is 1. The molecule has 0 fully saturated rings. The molecule has 0 aliphatic rings. The van der Waals surface area contributed by atoms with Crippen molar-refractivity contribution in [3.8, 4) is 0 Å². The molecule has 0 saturated heterocycles. The Morgan fingerprint density at radius 1 is 1.38 bits per heavy atom. The fourth-order valence-electron chi connectivity index (χ4n) is 1.30. The summed E-state index contributed by atoms with van der Waals surface area (Å²) < 4.78 is 1.32. The average molecular weight is 192 g/mol. The molecular weight excluding hydrogens is 180 g/mol. The molecular formula is C10H12N2S. The van der Waals surface area contributed by atoms with E-state index >= 15 is 0 Å². The number of nitrogens with one attached hydrogen (secondary N) is 1. The first kappa shape index (κ1) is 8.69. The number of hydrogen-bond acceptors (Lipinski definition) is 3. The van der Waals surface area contributed by atoms with Gasteiger partial charge in [0.15, 0.2) is 0 Å². The van der Waals surface area contributed by atoms with E-state index in [1.807, 2.05) is 0 Å². The van der Waals surface area contributed by atoms with Crippen molar-refractivity contribution >= 4 is 21.4 Å². The minimum absolute atomic E-state index is 0.234. The summed E-state index contributed by atoms with van der Waals surface area (Å²) in [5.74, 6) is 5.38. The van der Waals surface area contributed by atoms with Crippen LogP contribution in [-0.4, -0.2) is 0 Å². The first-order valence-corrected chi connectivity index (χ1v) is 5.07. The highest BCUT2D eigenvalue weighted by Gasteiger charge is 2.06. The Kier molecular flexibility index (Phi) is 2.31. The lowest BCUT2D eigenvalue weighted by molar-refractivity contribution is 0.612. The van der Waals surface area contributed by atoms with E-state index in [1.54, 1.807) is 11.3 Å². The van der Waals surface area contributed by atoms with Gasteiger partial charge in [0.2, 0.25) is 0 Å². The fraction of sp³-hybridized carbons (Fsp3) is 0.200. The fourth-order valence-corrected chi connectivity index (χ4v) is 2.37. The van der Waals surface area contributed by atoms with Gasteiger partial charge in [-0.3, -0.25) is 11.3 Å². The molecule has 1 aromatic carbocycles. The molecule has 0 bridgehead atoms. The van der Waals surface area contributed by atoms with E-state index in [9.17, 15) is 0 Å². The normalized spacial score (nSPS) is 13.4. The van der Waals surface area contributed by atoms with Gasteiger partial charge >= 0.3 is 0 Å². The number of nitrogens with two attached hydrogens (primary N) is 1. The van der Waals surface area contributed by atoms with Crippen LogP contribution in [0.15, 0.2) is 30.3 Å². The van der Waals surface area contributed by atoms with Crippen LogP contribution in [0.25, 0.3) is 10.1 Å². The molecule has 2 aromatic rings. The van der Waals surface area contributed by atoms with E-state index < -0.39 is 0 Å². The second-order valence-corrected chi connectivity index (χ2v) is 4.19. The Labute approximate surface area is 81.3 Å². The molecule has 0 radical (unpaired) electrons. The summed E-state index contributed by atoms with van der Waals surface area (Å²) >= 11 is 1.79. The quantitative estimate of drug-likeness (QED) is 0.566. The van der Waals surface area contributed by atoms with Crippen molar-refractivity contribution in [2.24, 2.45) is 5.84 Å². The molecule has 0 spiro atoms. The van der Waals surface area contributed by atoms with Crippen molar-refractivity contribution < 1.29 is 0 Å². The van der Waals surface area contributed by atoms with Crippen molar-refractivity contribution in [3.63, 3.8) is 0 Å². The van der Waals surface area contributed by atoms with E-state index in [2.05, 4.69) is 42.7 Å². The molecule has 2 rings (SSSR count). The zero-order valence-electron chi connectivity index (χ0n) is 7.45. The molecule has 68 valence electrons. The number of fused-ring (bicyclic) bond motifs is 1. The second-order valence-electron chi connectivity index (χ2n) is 3.07. The molecule has 2 nitrogen and oxygen atoms in total. The predicted molar refractivity (Wildman–Crippen MR) is 57.6 cm³/mol. The lowest BCUT2D eigenvalue weighted by atomic mass is 10.2. The van der Waals surface area contributed by atoms with Crippen LogP contribution < -0.4 is 11.3 Å². The topological polar surface area (TPSA) is 38.0 Å². The molecule has 0 aliphatic heterocycles. The van der Waals surface area contributed by atoms with Gasteiger partial charge in [0, 0.05) is 9.58 Å². The first-order valence-electron chi connectivity index (χ1n) is 4.26. The van der Waals surface area contributed by atoms with E-state index in [0.29, 0.717) is 0 Å². The van der Waals surface area contributed by atoms with Gasteiger partial charge < -0.3 is 0 Å². The second kappa shape index (κ2) is 3.46. The van der Waals surface area contributed by atoms with E-state index in [1.165, 1.54) is 15.0 Å². The van der Waals surface area contributed by atoms with Crippen LogP contribution in [0, 0.1) is 0 Å². The van der Waals surface area contributed by atoms with Crippen LogP contribution in [0.5, 0.6) is 0 Å². The first-order chi connectivity index (χ1) is 6.31. The van der Waals surface area contributed by atoms with Crippen LogP contribution in [0.3, 0.4) is 0 Å². The molecule has 3 heteroatoms. The third kappa shape index (κ3) is 1.58. The van der Waals surface area contributed by atoms with Crippen molar-refractivity contribution in [1.82, 2.24) is 5.43 Å². The molecule has 3 N–H and O–H groups in total. The average Bonchev–Trinajstić information content (AvgIpc) is 2.59. The van der Waals surface area contributed by atoms with Crippen molar-refractivity contribution in [2.45, 2.75) is 13.0 Å². The zero-order chi connectivity index (χ0) is 9.26. The smallest absolute Gasteiger partial charge is 0.0525 e. The Bertz CT molecular complexity index is 375. The Morgan fingerprint density at radius 3 is 2.85 bits per heavy atom. The van der Waals surface area contributed by atoms with E-state index in [4.69, 9.17) is 5.84 Å². The highest BCUT2D eigenvalue weighted by atomic mass is 32.1. The maximum absolute atomic E-state index is 5.38. The highest BCUT2D eigenvalue weighted by Crippen LogP contribution is 2.28. The van der Waals surface area contributed by atoms with Crippen molar-refractivity contribution in [1.29, 1.82) is 0 Å². The van der Waals surface area contributed by atoms with Crippen LogP contribution in [0.4, 0.5) is 0 Å². The van der Waals surface area contributed by atoms with Gasteiger partial charge in [-0.1, -0.05) is 18.2 Å². The molecule has 13 heavy (non-hydrogen) atoms. The minimum Gasteiger partial charge on any atom is -0.271 e. The van der Waals surface area contributed by atoms with Gasteiger partial charge in [0.1, 0.15) is 0 Å². The number of hydrazine groups is 1. The van der Waals surface area contributed by atoms with Gasteiger partial charge in [-0.25, -0.2) is 0 Å². The number of thiophene rings is 1. The van der Waals surface area contributed by atoms with Gasteiger partial charge in [0.05, 0.1) is 6.04 Å². The van der Waals surface area contributed by atoms with Crippen LogP contribution >= 0.6 is 11.3 Å². The van der Waals surface area contributed by atoms with Crippen molar-refractivity contribution in [2.75, 3.05) is 0 Å². The standard InChI is InChI=1S/C10H12N2S/c1-7(12-11)10-6-8-4-2-3-5-9(8)13-10/h2-7,12H,11H2,1H3/t7-/m0/s1. The predicted octanol–water partition coefficient (Wildman–Crippen LogP) is 2.43. The SMILES string of the molecule is C[C@H](NN)c1cc2ccccc2s1. The molecule has 0 amide bonds. The molecule has 1 heterocycles. The minimum atomic E-state index is 0.234. The summed E-state index contributed by atoms with van der Waals surface area (Å²) in [6, 6.07) is 10.8. The molecule has 1 atom stereocenters. The van der Waals surface area contributed by atoms with Gasteiger partial charge in [-0.05, 0) is 24.4 Å². The maximum atomic E-state index is 5.38. The lowest BCUT2D eigenvalue weighted by Crippen LogP contribution is -2.24. The number of hydrogen-bond donors (Lipinski definition) is 2. The van der Waals surface area contributed by atoms with Crippen LogP contribution in [0.1, 0.15) is 17.8 Å². The summed E-state index contributed by atoms with van der Waals surface area (Å²) in [6.45, 7) is 2.06. The molecule has 1 aromatic heterocycles. The van der Waals surface area contributed by atoms with Crippen molar-refractivity contribution in [3.05, 3.63) is 35.2 Å². The zero-order valence-corrected chi connectivity index (χ0v) is 8.27. The monoisotopic (exact) mass is 192 g/mol. The molecule has 0 unspecified atom stereocenters. The summed E-state index contributed by atoms with van der Waals surface area (Å²) in [6.07, 6.45) is 0. The third-order valence-corrected chi connectivity index (χ3v) is 3.42. The van der Waals surface area contributed by atoms with Gasteiger partial charge in [0.25, 0.3) is 0 Å². The summed E-state index contributed by atoms with van der Waals surface area (Å²) in [5, 5.41) is 1.30. The maximum Gasteiger partial charge on any atom is 0.0525 e. The van der Waals surface area contributed by atoms with Gasteiger partial charge in [-0.2, -0.15) is 0 Å². The largest absolute Gasteiger partial charge is 0.271 e. The summed E-state index contributed by atoms with van der Waals surface area (Å²) in [4.78, 5) is 1.28. The number of rotatable bonds is 2. The summed E-state index contributed by atoms with van der Waals surface area (Å²) in [7, 11) is 0. The summed E-state index contributed by atoms with van der Waals surface area (Å²) in [5.41, 5.74) is 2.75. The van der Waals surface area contributed by atoms with E-state index in [0.717, 1.165) is 0 Å². The Hall–Kier alpha value is -0.900. The highest BCUT2D eigenvalue weighted by molar-refractivity contribution is 7.19. The van der Waals surface area contributed by atoms with Crippen LogP contribution in [0.2, 0.25) is 0 Å². The van der Waals surface area contributed by atoms with Crippen LogP contribution in [-0.2, 0) is 0 Å². The Balaban J connectivity index is 2.49. The van der Waals surface area contributed by atoms with Gasteiger partial charge in [-0.15, -0.1) is 11.3 Å². The Morgan fingerprint density at radius 2 is 2.15 bits per heavy atom. The molecule has 0 saturated carbocycles. The lowest BCUT2D eigenvalue weighted by Gasteiger charge is -2.04. The van der Waals surface area contributed by atoms with E-state index in [-0.39, 0.29) is 6.04 Å². The molecule has 0 aliphatic carbocycles. The third-order valence-electron chi connectivity index (χ3n) is 2.12.